The third-order valence-corrected chi connectivity index (χ3v) is 5.92. The van der Waals surface area contributed by atoms with E-state index in [0.717, 1.165) is 67.3 Å². The summed E-state index contributed by atoms with van der Waals surface area (Å²) in [5, 5.41) is 10.1. The maximum absolute atomic E-state index is 5.37. The van der Waals surface area contributed by atoms with Gasteiger partial charge in [-0.25, -0.2) is 4.98 Å². The van der Waals surface area contributed by atoms with Gasteiger partial charge in [0, 0.05) is 45.0 Å². The van der Waals surface area contributed by atoms with E-state index in [1.165, 1.54) is 18.4 Å². The van der Waals surface area contributed by atoms with Gasteiger partial charge in [0.25, 0.3) is 0 Å². The summed E-state index contributed by atoms with van der Waals surface area (Å²) in [7, 11) is 5.09. The molecule has 2 N–H and O–H groups in total. The summed E-state index contributed by atoms with van der Waals surface area (Å²) >= 11 is 1.75. The number of guanidine groups is 1. The molecule has 158 valence electrons. The number of rotatable bonds is 9. The van der Waals surface area contributed by atoms with Gasteiger partial charge in [-0.1, -0.05) is 6.07 Å². The predicted molar refractivity (Wildman–Crippen MR) is 120 cm³/mol. The fourth-order valence-electron chi connectivity index (χ4n) is 3.36. The first-order chi connectivity index (χ1) is 14.2. The Bertz CT molecular complexity index is 802. The number of aromatic nitrogens is 1. The molecule has 0 saturated carbocycles. The monoisotopic (exact) mass is 417 g/mol. The number of ether oxygens (including phenoxy) is 2. The van der Waals surface area contributed by atoms with Crippen molar-refractivity contribution in [3.63, 3.8) is 0 Å². The fourth-order valence-corrected chi connectivity index (χ4v) is 4.27. The molecule has 29 heavy (non-hydrogen) atoms. The van der Waals surface area contributed by atoms with Crippen molar-refractivity contribution in [2.75, 3.05) is 52.3 Å². The minimum Gasteiger partial charge on any atom is -0.493 e. The number of aliphatic imine (C=N–C) groups is 1. The smallest absolute Gasteiger partial charge is 0.190 e. The summed E-state index contributed by atoms with van der Waals surface area (Å²) in [5.74, 6) is 2.31. The molecule has 8 heteroatoms. The highest BCUT2D eigenvalue weighted by atomic mass is 32.1. The second kappa shape index (κ2) is 10.9. The van der Waals surface area contributed by atoms with Crippen LogP contribution in [-0.2, 0) is 12.8 Å². The van der Waals surface area contributed by atoms with Crippen molar-refractivity contribution in [3.8, 4) is 11.5 Å². The lowest BCUT2D eigenvalue weighted by Crippen LogP contribution is -2.39. The second-order valence-electron chi connectivity index (χ2n) is 6.93. The lowest BCUT2D eigenvalue weighted by molar-refractivity contribution is 0.354. The standard InChI is InChI=1S/C21H31N5O2S/c1-22-20(23-10-8-16-6-7-18(27-2)19(14-16)28-3)24-11-9-17-15-29-21(25-17)26-12-4-5-13-26/h6-7,14-15H,4-5,8-13H2,1-3H3,(H2,22,23,24). The molecule has 0 amide bonds. The Kier molecular flexibility index (Phi) is 7.98. The van der Waals surface area contributed by atoms with Gasteiger partial charge in [0.2, 0.25) is 0 Å². The van der Waals surface area contributed by atoms with Crippen LogP contribution in [0.3, 0.4) is 0 Å². The normalized spacial score (nSPS) is 14.2. The van der Waals surface area contributed by atoms with Gasteiger partial charge in [0.1, 0.15) is 0 Å². The van der Waals surface area contributed by atoms with Crippen molar-refractivity contribution in [2.24, 2.45) is 4.99 Å². The van der Waals surface area contributed by atoms with Gasteiger partial charge in [-0.05, 0) is 37.0 Å². The number of benzene rings is 1. The van der Waals surface area contributed by atoms with E-state index in [2.05, 4.69) is 32.0 Å². The van der Waals surface area contributed by atoms with E-state index < -0.39 is 0 Å². The van der Waals surface area contributed by atoms with E-state index in [1.54, 1.807) is 32.6 Å². The fraction of sp³-hybridized carbons (Fsp3) is 0.524. The average Bonchev–Trinajstić information content (AvgIpc) is 3.44. The highest BCUT2D eigenvalue weighted by Gasteiger charge is 2.15. The Labute approximate surface area is 177 Å². The van der Waals surface area contributed by atoms with Crippen LogP contribution in [0, 0.1) is 0 Å². The molecule has 1 aromatic carbocycles. The Hall–Kier alpha value is -2.48. The molecule has 2 aromatic rings. The average molecular weight is 418 g/mol. The lowest BCUT2D eigenvalue weighted by Gasteiger charge is -2.13. The van der Waals surface area contributed by atoms with Gasteiger partial charge >= 0.3 is 0 Å². The van der Waals surface area contributed by atoms with E-state index in [-0.39, 0.29) is 0 Å². The summed E-state index contributed by atoms with van der Waals surface area (Å²) in [6, 6.07) is 6.00. The largest absolute Gasteiger partial charge is 0.493 e. The highest BCUT2D eigenvalue weighted by Crippen LogP contribution is 2.27. The molecule has 0 unspecified atom stereocenters. The zero-order valence-corrected chi connectivity index (χ0v) is 18.3. The lowest BCUT2D eigenvalue weighted by atomic mass is 10.1. The summed E-state index contributed by atoms with van der Waals surface area (Å²) in [6.07, 6.45) is 4.32. The van der Waals surface area contributed by atoms with Crippen LogP contribution in [0.15, 0.2) is 28.6 Å². The van der Waals surface area contributed by atoms with Crippen molar-refractivity contribution < 1.29 is 9.47 Å². The van der Waals surface area contributed by atoms with E-state index in [9.17, 15) is 0 Å². The second-order valence-corrected chi connectivity index (χ2v) is 7.77. The zero-order chi connectivity index (χ0) is 20.5. The molecule has 1 fully saturated rings. The number of thiazole rings is 1. The van der Waals surface area contributed by atoms with Crippen molar-refractivity contribution >= 4 is 22.4 Å². The van der Waals surface area contributed by atoms with Crippen molar-refractivity contribution in [3.05, 3.63) is 34.8 Å². The Balaban J connectivity index is 1.39. The molecule has 0 radical (unpaired) electrons. The van der Waals surface area contributed by atoms with Crippen LogP contribution in [0.25, 0.3) is 0 Å². The molecule has 0 atom stereocenters. The molecule has 0 aliphatic carbocycles. The summed E-state index contributed by atoms with van der Waals surface area (Å²) < 4.78 is 10.7. The van der Waals surface area contributed by atoms with Gasteiger partial charge in [-0.2, -0.15) is 0 Å². The van der Waals surface area contributed by atoms with Crippen LogP contribution in [-0.4, -0.2) is 58.4 Å². The van der Waals surface area contributed by atoms with Gasteiger partial charge in [-0.15, -0.1) is 11.3 Å². The summed E-state index contributed by atoms with van der Waals surface area (Å²) in [6.45, 7) is 3.87. The van der Waals surface area contributed by atoms with E-state index in [1.807, 2.05) is 12.1 Å². The molecule has 0 bridgehead atoms. The molecule has 3 rings (SSSR count). The maximum atomic E-state index is 5.37. The van der Waals surface area contributed by atoms with Crippen molar-refractivity contribution in [2.45, 2.75) is 25.7 Å². The Morgan fingerprint density at radius 1 is 1.10 bits per heavy atom. The number of hydrogen-bond donors (Lipinski definition) is 2. The van der Waals surface area contributed by atoms with Crippen LogP contribution in [0.1, 0.15) is 24.1 Å². The van der Waals surface area contributed by atoms with Crippen LogP contribution in [0.5, 0.6) is 11.5 Å². The van der Waals surface area contributed by atoms with Crippen LogP contribution < -0.4 is 25.0 Å². The zero-order valence-electron chi connectivity index (χ0n) is 17.5. The molecule has 1 aliphatic heterocycles. The molecular weight excluding hydrogens is 386 g/mol. The third-order valence-electron chi connectivity index (χ3n) is 4.97. The van der Waals surface area contributed by atoms with Crippen molar-refractivity contribution in [1.29, 1.82) is 0 Å². The number of hydrogen-bond acceptors (Lipinski definition) is 6. The first-order valence-corrected chi connectivity index (χ1v) is 11.0. The van der Waals surface area contributed by atoms with Crippen LogP contribution in [0.4, 0.5) is 5.13 Å². The van der Waals surface area contributed by atoms with Gasteiger partial charge < -0.3 is 25.0 Å². The maximum Gasteiger partial charge on any atom is 0.190 e. The highest BCUT2D eigenvalue weighted by molar-refractivity contribution is 7.13. The SMILES string of the molecule is CN=C(NCCc1ccc(OC)c(OC)c1)NCCc1csc(N2CCCC2)n1. The van der Waals surface area contributed by atoms with Gasteiger partial charge in [0.05, 0.1) is 19.9 Å². The topological polar surface area (TPSA) is 71.0 Å². The van der Waals surface area contributed by atoms with E-state index in [0.29, 0.717) is 0 Å². The van der Waals surface area contributed by atoms with Crippen LogP contribution >= 0.6 is 11.3 Å². The Morgan fingerprint density at radius 2 is 1.83 bits per heavy atom. The molecule has 1 aliphatic rings. The number of nitrogens with zero attached hydrogens (tertiary/aromatic N) is 3. The first-order valence-electron chi connectivity index (χ1n) is 10.1. The first kappa shape index (κ1) is 21.2. The minimum atomic E-state index is 0.747. The quantitative estimate of drug-likeness (QED) is 0.483. The Morgan fingerprint density at radius 3 is 2.52 bits per heavy atom. The van der Waals surface area contributed by atoms with E-state index >= 15 is 0 Å². The van der Waals surface area contributed by atoms with Crippen molar-refractivity contribution in [1.82, 2.24) is 15.6 Å². The van der Waals surface area contributed by atoms with Gasteiger partial charge in [0.15, 0.2) is 22.6 Å². The molecule has 2 heterocycles. The summed E-state index contributed by atoms with van der Waals surface area (Å²) in [4.78, 5) is 11.5. The van der Waals surface area contributed by atoms with Gasteiger partial charge in [-0.3, -0.25) is 4.99 Å². The number of anilines is 1. The third kappa shape index (κ3) is 6.00. The predicted octanol–water partition coefficient (Wildman–Crippen LogP) is 2.71. The molecular formula is C21H31N5O2S. The number of nitrogens with one attached hydrogen (secondary N) is 2. The molecule has 7 nitrogen and oxygen atoms in total. The molecule has 1 aromatic heterocycles. The number of methoxy groups -OCH3 is 2. The van der Waals surface area contributed by atoms with E-state index in [4.69, 9.17) is 14.5 Å². The molecule has 0 spiro atoms. The minimum absolute atomic E-state index is 0.747. The molecule has 1 saturated heterocycles. The summed E-state index contributed by atoms with van der Waals surface area (Å²) in [5.41, 5.74) is 2.33. The van der Waals surface area contributed by atoms with Crippen LogP contribution in [0.2, 0.25) is 0 Å².